The first kappa shape index (κ1) is 19.9. The Bertz CT molecular complexity index is 1180. The molecule has 0 aliphatic heterocycles. The zero-order chi connectivity index (χ0) is 21.3. The number of benzene rings is 1. The van der Waals surface area contributed by atoms with Gasteiger partial charge in [-0.1, -0.05) is 6.92 Å². The zero-order valence-electron chi connectivity index (χ0n) is 17.1. The van der Waals surface area contributed by atoms with Crippen molar-refractivity contribution in [2.24, 2.45) is 0 Å². The second-order valence-corrected chi connectivity index (χ2v) is 7.68. The van der Waals surface area contributed by atoms with Crippen LogP contribution in [0.2, 0.25) is 0 Å². The van der Waals surface area contributed by atoms with Crippen LogP contribution in [0.1, 0.15) is 60.8 Å². The summed E-state index contributed by atoms with van der Waals surface area (Å²) in [5.74, 6) is -0.342. The maximum atomic E-state index is 13.2. The summed E-state index contributed by atoms with van der Waals surface area (Å²) in [7, 11) is 0. The highest BCUT2D eigenvalue weighted by atomic mass is 16.2. The summed E-state index contributed by atoms with van der Waals surface area (Å²) >= 11 is 0. The van der Waals surface area contributed by atoms with Gasteiger partial charge in [-0.15, -0.1) is 0 Å². The van der Waals surface area contributed by atoms with Gasteiger partial charge >= 0.3 is 0 Å². The minimum Gasteiger partial charge on any atom is -0.324 e. The Morgan fingerprint density at radius 1 is 1.17 bits per heavy atom. The number of hydrogen-bond acceptors (Lipinski definition) is 5. The zero-order valence-corrected chi connectivity index (χ0v) is 17.1. The smallest absolute Gasteiger partial charge is 0.263 e. The van der Waals surface area contributed by atoms with Crippen LogP contribution in [0.5, 0.6) is 0 Å². The van der Waals surface area contributed by atoms with E-state index >= 15 is 0 Å². The number of amides is 1. The Labute approximate surface area is 174 Å². The Kier molecular flexibility index (Phi) is 5.44. The van der Waals surface area contributed by atoms with Crippen LogP contribution < -0.4 is 10.9 Å². The Morgan fingerprint density at radius 2 is 1.90 bits per heavy atom. The molecule has 1 aromatic carbocycles. The fourth-order valence-electron chi connectivity index (χ4n) is 3.93. The van der Waals surface area contributed by atoms with Gasteiger partial charge in [-0.3, -0.25) is 19.0 Å². The van der Waals surface area contributed by atoms with Crippen molar-refractivity contribution < 1.29 is 9.59 Å². The molecule has 4 rings (SSSR count). The molecule has 0 bridgehead atoms. The van der Waals surface area contributed by atoms with E-state index < -0.39 is 6.04 Å². The lowest BCUT2D eigenvalue weighted by molar-refractivity contribution is -0.119. The van der Waals surface area contributed by atoms with Crippen molar-refractivity contribution in [1.82, 2.24) is 14.5 Å². The van der Waals surface area contributed by atoms with Crippen molar-refractivity contribution in [2.45, 2.75) is 52.0 Å². The average molecular weight is 404 g/mol. The van der Waals surface area contributed by atoms with E-state index in [2.05, 4.69) is 15.3 Å². The van der Waals surface area contributed by atoms with Gasteiger partial charge in [0, 0.05) is 16.9 Å². The molecule has 154 valence electrons. The molecule has 7 nitrogen and oxygen atoms in total. The highest BCUT2D eigenvalue weighted by molar-refractivity contribution is 5.96. The molecular formula is C23H24N4O3. The molecule has 0 fully saturated rings. The molecule has 0 saturated carbocycles. The predicted octanol–water partition coefficient (Wildman–Crippen LogP) is 3.46. The van der Waals surface area contributed by atoms with Crippen molar-refractivity contribution in [3.05, 3.63) is 63.8 Å². The van der Waals surface area contributed by atoms with Crippen LogP contribution in [0.3, 0.4) is 0 Å². The molecule has 1 aliphatic carbocycles. The maximum Gasteiger partial charge on any atom is 0.263 e. The number of carbonyl (C=O) groups is 2. The number of pyridine rings is 1. The molecule has 1 atom stereocenters. The Morgan fingerprint density at radius 3 is 2.60 bits per heavy atom. The average Bonchev–Trinajstić information content (AvgIpc) is 2.75. The molecule has 3 aromatic rings. The second kappa shape index (κ2) is 8.18. The normalized spacial score (nSPS) is 14.2. The van der Waals surface area contributed by atoms with E-state index in [1.807, 2.05) is 13.0 Å². The van der Waals surface area contributed by atoms with E-state index in [-0.39, 0.29) is 17.2 Å². The van der Waals surface area contributed by atoms with Gasteiger partial charge in [0.25, 0.3) is 5.56 Å². The summed E-state index contributed by atoms with van der Waals surface area (Å²) in [4.78, 5) is 46.4. The van der Waals surface area contributed by atoms with Crippen LogP contribution in [0.15, 0.2) is 41.5 Å². The maximum absolute atomic E-state index is 13.2. The topological polar surface area (TPSA) is 93.9 Å². The largest absolute Gasteiger partial charge is 0.324 e. The van der Waals surface area contributed by atoms with Crippen molar-refractivity contribution in [3.63, 3.8) is 0 Å². The number of aromatic nitrogens is 3. The Hall–Kier alpha value is -3.35. The van der Waals surface area contributed by atoms with E-state index in [4.69, 9.17) is 0 Å². The monoisotopic (exact) mass is 404 g/mol. The fraction of sp³-hybridized carbons (Fsp3) is 0.348. The molecule has 2 heterocycles. The van der Waals surface area contributed by atoms with Gasteiger partial charge in [-0.05, 0) is 74.9 Å². The quantitative estimate of drug-likeness (QED) is 0.657. The SMILES string of the molecule is CC[C@H](C(=O)Nc1ccc(C(C)=O)cc1)n1cnc2nc3c(cc2c1=O)CCCC3. The summed E-state index contributed by atoms with van der Waals surface area (Å²) in [5, 5.41) is 3.28. The molecule has 0 spiro atoms. The third kappa shape index (κ3) is 3.75. The number of Topliss-reactive ketones (excluding diaryl/α,β-unsaturated/α-hetero) is 1. The number of aryl methyl sites for hydroxylation is 2. The lowest BCUT2D eigenvalue weighted by Gasteiger charge is -2.19. The van der Waals surface area contributed by atoms with E-state index in [1.54, 1.807) is 24.3 Å². The minimum atomic E-state index is -0.696. The number of nitrogens with zero attached hydrogens (tertiary/aromatic N) is 3. The predicted molar refractivity (Wildman–Crippen MR) is 115 cm³/mol. The van der Waals surface area contributed by atoms with Gasteiger partial charge in [0.15, 0.2) is 11.4 Å². The molecule has 0 radical (unpaired) electrons. The van der Waals surface area contributed by atoms with Gasteiger partial charge in [0.1, 0.15) is 12.4 Å². The van der Waals surface area contributed by atoms with Gasteiger partial charge in [0.2, 0.25) is 5.91 Å². The standard InChI is InChI=1S/C23H24N4O3/c1-3-20(22(29)25-17-10-8-15(9-11-17)14(2)28)27-13-24-21-18(23(27)30)12-16-6-4-5-7-19(16)26-21/h8-13,20H,3-7H2,1-2H3,(H,25,29)/t20-/m1/s1. The van der Waals surface area contributed by atoms with Gasteiger partial charge in [0.05, 0.1) is 5.39 Å². The number of nitrogens with one attached hydrogen (secondary N) is 1. The second-order valence-electron chi connectivity index (χ2n) is 7.68. The van der Waals surface area contributed by atoms with Crippen molar-refractivity contribution in [3.8, 4) is 0 Å². The van der Waals surface area contributed by atoms with Crippen molar-refractivity contribution >= 4 is 28.4 Å². The number of hydrogen-bond donors (Lipinski definition) is 1. The first-order valence-electron chi connectivity index (χ1n) is 10.3. The molecular weight excluding hydrogens is 380 g/mol. The van der Waals surface area contributed by atoms with Crippen LogP contribution in [-0.2, 0) is 17.6 Å². The van der Waals surface area contributed by atoms with Crippen molar-refractivity contribution in [2.75, 3.05) is 5.32 Å². The van der Waals surface area contributed by atoms with E-state index in [0.29, 0.717) is 28.7 Å². The van der Waals surface area contributed by atoms with Crippen LogP contribution in [0, 0.1) is 0 Å². The summed E-state index contributed by atoms with van der Waals surface area (Å²) < 4.78 is 1.39. The minimum absolute atomic E-state index is 0.0381. The van der Waals surface area contributed by atoms with E-state index in [0.717, 1.165) is 36.9 Å². The molecule has 1 N–H and O–H groups in total. The molecule has 1 amide bonds. The number of rotatable bonds is 5. The number of ketones is 1. The molecule has 0 saturated heterocycles. The van der Waals surface area contributed by atoms with Crippen LogP contribution >= 0.6 is 0 Å². The summed E-state index contributed by atoms with van der Waals surface area (Å²) in [6.45, 7) is 3.34. The molecule has 7 heteroatoms. The molecule has 30 heavy (non-hydrogen) atoms. The Balaban J connectivity index is 1.64. The lowest BCUT2D eigenvalue weighted by Crippen LogP contribution is -2.33. The lowest BCUT2D eigenvalue weighted by atomic mass is 9.95. The third-order valence-corrected chi connectivity index (χ3v) is 5.63. The first-order valence-corrected chi connectivity index (χ1v) is 10.3. The number of fused-ring (bicyclic) bond motifs is 2. The third-order valence-electron chi connectivity index (χ3n) is 5.63. The highest BCUT2D eigenvalue weighted by Gasteiger charge is 2.22. The van der Waals surface area contributed by atoms with Gasteiger partial charge in [-0.2, -0.15) is 0 Å². The van der Waals surface area contributed by atoms with Crippen LogP contribution in [0.25, 0.3) is 11.0 Å². The summed E-state index contributed by atoms with van der Waals surface area (Å²) in [5.41, 5.74) is 3.46. The molecule has 1 aliphatic rings. The highest BCUT2D eigenvalue weighted by Crippen LogP contribution is 2.22. The van der Waals surface area contributed by atoms with Crippen molar-refractivity contribution in [1.29, 1.82) is 0 Å². The number of anilines is 1. The molecule has 0 unspecified atom stereocenters. The number of carbonyl (C=O) groups excluding carboxylic acids is 2. The summed E-state index contributed by atoms with van der Waals surface area (Å²) in [6, 6.07) is 7.89. The fourth-order valence-corrected chi connectivity index (χ4v) is 3.93. The van der Waals surface area contributed by atoms with Crippen LogP contribution in [-0.4, -0.2) is 26.2 Å². The van der Waals surface area contributed by atoms with Gasteiger partial charge in [-0.25, -0.2) is 9.97 Å². The van der Waals surface area contributed by atoms with E-state index in [9.17, 15) is 14.4 Å². The van der Waals surface area contributed by atoms with Crippen LogP contribution in [0.4, 0.5) is 5.69 Å². The molecule has 2 aromatic heterocycles. The van der Waals surface area contributed by atoms with E-state index in [1.165, 1.54) is 17.8 Å². The first-order chi connectivity index (χ1) is 14.5. The summed E-state index contributed by atoms with van der Waals surface area (Å²) in [6.07, 6.45) is 5.88. The van der Waals surface area contributed by atoms with Gasteiger partial charge < -0.3 is 5.32 Å².